The molecule has 0 heterocycles. The SMILES string of the molecule is COC(=O)c1ccc(NCC2CCCC(C)C2)cc1. The number of nitrogens with one attached hydrogen (secondary N) is 1. The Labute approximate surface area is 115 Å². The lowest BCUT2D eigenvalue weighted by Gasteiger charge is -2.27. The Kier molecular flexibility index (Phi) is 4.83. The van der Waals surface area contributed by atoms with Crippen molar-refractivity contribution in [2.45, 2.75) is 32.6 Å². The van der Waals surface area contributed by atoms with Crippen molar-refractivity contribution in [1.29, 1.82) is 0 Å². The van der Waals surface area contributed by atoms with Crippen molar-refractivity contribution in [2.24, 2.45) is 11.8 Å². The number of carbonyl (C=O) groups is 1. The molecule has 2 atom stereocenters. The molecule has 1 fully saturated rings. The molecule has 3 nitrogen and oxygen atoms in total. The number of hydrogen-bond donors (Lipinski definition) is 1. The highest BCUT2D eigenvalue weighted by Gasteiger charge is 2.18. The van der Waals surface area contributed by atoms with Crippen LogP contribution in [0, 0.1) is 11.8 Å². The van der Waals surface area contributed by atoms with Crippen molar-refractivity contribution in [3.63, 3.8) is 0 Å². The number of esters is 1. The third-order valence-electron chi connectivity index (χ3n) is 3.95. The molecule has 0 amide bonds. The average Bonchev–Trinajstić information content (AvgIpc) is 2.45. The minimum Gasteiger partial charge on any atom is -0.465 e. The Balaban J connectivity index is 1.84. The number of benzene rings is 1. The van der Waals surface area contributed by atoms with E-state index in [2.05, 4.69) is 17.0 Å². The van der Waals surface area contributed by atoms with Crippen molar-refractivity contribution < 1.29 is 9.53 Å². The maximum absolute atomic E-state index is 11.3. The van der Waals surface area contributed by atoms with Crippen molar-refractivity contribution in [2.75, 3.05) is 19.0 Å². The van der Waals surface area contributed by atoms with E-state index in [9.17, 15) is 4.79 Å². The van der Waals surface area contributed by atoms with Crippen LogP contribution >= 0.6 is 0 Å². The Morgan fingerprint density at radius 3 is 2.68 bits per heavy atom. The monoisotopic (exact) mass is 261 g/mol. The number of hydrogen-bond acceptors (Lipinski definition) is 3. The van der Waals surface area contributed by atoms with Crippen LogP contribution in [0.3, 0.4) is 0 Å². The van der Waals surface area contributed by atoms with Crippen LogP contribution in [0.15, 0.2) is 24.3 Å². The first-order chi connectivity index (χ1) is 9.19. The molecule has 1 N–H and O–H groups in total. The Bertz CT molecular complexity index is 413. The van der Waals surface area contributed by atoms with Gasteiger partial charge in [0, 0.05) is 12.2 Å². The van der Waals surface area contributed by atoms with E-state index < -0.39 is 0 Å². The second-order valence-electron chi connectivity index (χ2n) is 5.59. The standard InChI is InChI=1S/C16H23NO2/c1-12-4-3-5-13(10-12)11-17-15-8-6-14(7-9-15)16(18)19-2/h6-9,12-13,17H,3-5,10-11H2,1-2H3. The predicted molar refractivity (Wildman–Crippen MR) is 77.4 cm³/mol. The van der Waals surface area contributed by atoms with Crippen LogP contribution in [0.4, 0.5) is 5.69 Å². The van der Waals surface area contributed by atoms with Gasteiger partial charge in [-0.15, -0.1) is 0 Å². The normalized spacial score (nSPS) is 22.8. The Morgan fingerprint density at radius 1 is 1.32 bits per heavy atom. The number of rotatable bonds is 4. The quantitative estimate of drug-likeness (QED) is 0.840. The van der Waals surface area contributed by atoms with Crippen molar-refractivity contribution in [1.82, 2.24) is 0 Å². The zero-order chi connectivity index (χ0) is 13.7. The third kappa shape index (κ3) is 3.98. The van der Waals surface area contributed by atoms with Gasteiger partial charge in [0.15, 0.2) is 0 Å². The lowest BCUT2D eigenvalue weighted by molar-refractivity contribution is 0.0601. The zero-order valence-electron chi connectivity index (χ0n) is 11.8. The largest absolute Gasteiger partial charge is 0.465 e. The maximum Gasteiger partial charge on any atom is 0.337 e. The van der Waals surface area contributed by atoms with Crippen LogP contribution in [-0.2, 0) is 4.74 Å². The van der Waals surface area contributed by atoms with E-state index in [0.717, 1.165) is 24.1 Å². The maximum atomic E-state index is 11.3. The summed E-state index contributed by atoms with van der Waals surface area (Å²) in [6.07, 6.45) is 5.39. The van der Waals surface area contributed by atoms with Gasteiger partial charge in [0.05, 0.1) is 12.7 Å². The molecule has 0 radical (unpaired) electrons. The third-order valence-corrected chi connectivity index (χ3v) is 3.95. The van der Waals surface area contributed by atoms with Gasteiger partial charge in [0.25, 0.3) is 0 Å². The van der Waals surface area contributed by atoms with Crippen molar-refractivity contribution >= 4 is 11.7 Å². The van der Waals surface area contributed by atoms with E-state index in [-0.39, 0.29) is 5.97 Å². The molecule has 1 saturated carbocycles. The van der Waals surface area contributed by atoms with Crippen molar-refractivity contribution in [3.8, 4) is 0 Å². The second kappa shape index (κ2) is 6.60. The average molecular weight is 261 g/mol. The summed E-state index contributed by atoms with van der Waals surface area (Å²) in [5.41, 5.74) is 1.67. The van der Waals surface area contributed by atoms with Gasteiger partial charge in [-0.05, 0) is 48.9 Å². The summed E-state index contributed by atoms with van der Waals surface area (Å²) < 4.78 is 4.68. The van der Waals surface area contributed by atoms with E-state index in [1.807, 2.05) is 12.1 Å². The van der Waals surface area contributed by atoms with E-state index >= 15 is 0 Å². The van der Waals surface area contributed by atoms with Crippen LogP contribution in [-0.4, -0.2) is 19.6 Å². The highest BCUT2D eigenvalue weighted by Crippen LogP contribution is 2.28. The molecule has 0 aliphatic heterocycles. The summed E-state index contributed by atoms with van der Waals surface area (Å²) in [5.74, 6) is 1.36. The summed E-state index contributed by atoms with van der Waals surface area (Å²) in [6, 6.07) is 7.49. The Hall–Kier alpha value is -1.51. The molecule has 2 unspecified atom stereocenters. The fraction of sp³-hybridized carbons (Fsp3) is 0.562. The number of anilines is 1. The minimum atomic E-state index is -0.285. The highest BCUT2D eigenvalue weighted by atomic mass is 16.5. The number of methoxy groups -OCH3 is 1. The van der Waals surface area contributed by atoms with Gasteiger partial charge in [0.2, 0.25) is 0 Å². The zero-order valence-corrected chi connectivity index (χ0v) is 11.8. The molecule has 1 aliphatic rings. The van der Waals surface area contributed by atoms with Gasteiger partial charge >= 0.3 is 5.97 Å². The van der Waals surface area contributed by atoms with Crippen LogP contribution in [0.2, 0.25) is 0 Å². The van der Waals surface area contributed by atoms with E-state index in [1.54, 1.807) is 12.1 Å². The fourth-order valence-corrected chi connectivity index (χ4v) is 2.85. The summed E-state index contributed by atoms with van der Waals surface area (Å²) in [4.78, 5) is 11.3. The van der Waals surface area contributed by atoms with Gasteiger partial charge in [-0.1, -0.05) is 19.8 Å². The Morgan fingerprint density at radius 2 is 2.05 bits per heavy atom. The summed E-state index contributed by atoms with van der Waals surface area (Å²) in [7, 11) is 1.40. The molecule has 1 aliphatic carbocycles. The molecule has 19 heavy (non-hydrogen) atoms. The first-order valence-corrected chi connectivity index (χ1v) is 7.11. The molecular weight excluding hydrogens is 238 g/mol. The number of carbonyl (C=O) groups excluding carboxylic acids is 1. The van der Waals surface area contributed by atoms with E-state index in [4.69, 9.17) is 0 Å². The van der Waals surface area contributed by atoms with E-state index in [0.29, 0.717) is 5.56 Å². The molecule has 1 aromatic rings. The fourth-order valence-electron chi connectivity index (χ4n) is 2.85. The summed E-state index contributed by atoms with van der Waals surface area (Å²) >= 11 is 0. The molecule has 0 spiro atoms. The topological polar surface area (TPSA) is 38.3 Å². The van der Waals surface area contributed by atoms with E-state index in [1.165, 1.54) is 32.8 Å². The van der Waals surface area contributed by atoms with Gasteiger partial charge in [0.1, 0.15) is 0 Å². The van der Waals surface area contributed by atoms with Gasteiger partial charge < -0.3 is 10.1 Å². The number of ether oxygens (including phenoxy) is 1. The minimum absolute atomic E-state index is 0.285. The van der Waals surface area contributed by atoms with Crippen LogP contribution in [0.5, 0.6) is 0 Å². The van der Waals surface area contributed by atoms with Gasteiger partial charge in [-0.2, -0.15) is 0 Å². The lowest BCUT2D eigenvalue weighted by atomic mass is 9.82. The van der Waals surface area contributed by atoms with Gasteiger partial charge in [-0.3, -0.25) is 0 Å². The van der Waals surface area contributed by atoms with Crippen LogP contribution < -0.4 is 5.32 Å². The van der Waals surface area contributed by atoms with Crippen molar-refractivity contribution in [3.05, 3.63) is 29.8 Å². The molecule has 3 heteroatoms. The molecular formula is C16H23NO2. The molecule has 1 aromatic carbocycles. The molecule has 2 rings (SSSR count). The van der Waals surface area contributed by atoms with Gasteiger partial charge in [-0.25, -0.2) is 4.79 Å². The summed E-state index contributed by atoms with van der Waals surface area (Å²) in [6.45, 7) is 3.37. The molecule has 0 bridgehead atoms. The van der Waals surface area contributed by atoms with Crippen LogP contribution in [0.25, 0.3) is 0 Å². The molecule has 0 saturated heterocycles. The molecule has 0 aromatic heterocycles. The lowest BCUT2D eigenvalue weighted by Crippen LogP contribution is -2.21. The first-order valence-electron chi connectivity index (χ1n) is 7.11. The predicted octanol–water partition coefficient (Wildman–Crippen LogP) is 3.71. The first kappa shape index (κ1) is 13.9. The summed E-state index contributed by atoms with van der Waals surface area (Å²) in [5, 5.41) is 3.47. The second-order valence-corrected chi connectivity index (χ2v) is 5.59. The highest BCUT2D eigenvalue weighted by molar-refractivity contribution is 5.89. The van der Waals surface area contributed by atoms with Crippen LogP contribution in [0.1, 0.15) is 43.0 Å². The molecule has 104 valence electrons. The smallest absolute Gasteiger partial charge is 0.337 e.